The van der Waals surface area contributed by atoms with Gasteiger partial charge in [0.1, 0.15) is 12.8 Å². The number of nitrogens with one attached hydrogen (secondary N) is 1. The van der Waals surface area contributed by atoms with Gasteiger partial charge >= 0.3 is 0 Å². The minimum absolute atomic E-state index is 0.358. The maximum absolute atomic E-state index is 11.2. The summed E-state index contributed by atoms with van der Waals surface area (Å²) in [6.07, 6.45) is 2.75. The fourth-order valence-corrected chi connectivity index (χ4v) is 1.06. The van der Waals surface area contributed by atoms with Crippen LogP contribution in [-0.2, 0) is 19.2 Å². The molecule has 0 aliphatic carbocycles. The normalized spacial score (nSPS) is 16.7. The Labute approximate surface area is 85.9 Å². The van der Waals surface area contributed by atoms with Gasteiger partial charge in [0.05, 0.1) is 6.04 Å². The highest BCUT2D eigenvalue weighted by atomic mass is 16.2. The van der Waals surface area contributed by atoms with E-state index in [1.165, 1.54) is 6.92 Å². The summed E-state index contributed by atoms with van der Waals surface area (Å²) in [5.41, 5.74) is 0. The van der Waals surface area contributed by atoms with E-state index in [9.17, 15) is 19.2 Å². The van der Waals surface area contributed by atoms with Crippen molar-refractivity contribution in [1.29, 1.82) is 0 Å². The molecule has 0 saturated carbocycles. The van der Waals surface area contributed by atoms with Gasteiger partial charge < -0.3 is 10.1 Å². The lowest BCUT2D eigenvalue weighted by Crippen LogP contribution is -2.43. The highest BCUT2D eigenvalue weighted by molar-refractivity contribution is 6.14. The minimum Gasteiger partial charge on any atom is -0.345 e. The molecule has 0 saturated heterocycles. The number of carbonyl (C=O) groups excluding carboxylic acids is 4. The smallest absolute Gasteiger partial charge is 0.254 e. The summed E-state index contributed by atoms with van der Waals surface area (Å²) in [5, 5.41) is 2.32. The van der Waals surface area contributed by atoms with Gasteiger partial charge in [-0.3, -0.25) is 19.3 Å². The first-order valence-corrected chi connectivity index (χ1v) is 4.33. The van der Waals surface area contributed by atoms with E-state index in [0.717, 1.165) is 17.1 Å². The van der Waals surface area contributed by atoms with Crippen molar-refractivity contribution in [3.05, 3.63) is 12.2 Å². The molecule has 15 heavy (non-hydrogen) atoms. The molecule has 0 aromatic carbocycles. The van der Waals surface area contributed by atoms with Crippen LogP contribution in [0.25, 0.3) is 0 Å². The van der Waals surface area contributed by atoms with E-state index in [0.29, 0.717) is 6.29 Å². The van der Waals surface area contributed by atoms with Crippen LogP contribution in [0.5, 0.6) is 0 Å². The molecular weight excluding hydrogens is 200 g/mol. The van der Waals surface area contributed by atoms with Gasteiger partial charge in [-0.05, 0) is 6.92 Å². The van der Waals surface area contributed by atoms with Crippen LogP contribution in [0.2, 0.25) is 0 Å². The molecule has 1 aliphatic heterocycles. The van der Waals surface area contributed by atoms with E-state index >= 15 is 0 Å². The first-order chi connectivity index (χ1) is 7.04. The SMILES string of the molecule is CC(C=O)NC(=O)CN1C(=O)C=CC1=O. The third-order valence-corrected chi connectivity index (χ3v) is 1.80. The second-order valence-electron chi connectivity index (χ2n) is 3.09. The number of hydrogen-bond acceptors (Lipinski definition) is 4. The van der Waals surface area contributed by atoms with Gasteiger partial charge in [-0.25, -0.2) is 0 Å². The molecule has 0 aromatic heterocycles. The van der Waals surface area contributed by atoms with Gasteiger partial charge in [0.2, 0.25) is 5.91 Å². The maximum Gasteiger partial charge on any atom is 0.254 e. The van der Waals surface area contributed by atoms with Crippen LogP contribution in [0.15, 0.2) is 12.2 Å². The maximum atomic E-state index is 11.2. The zero-order valence-corrected chi connectivity index (χ0v) is 8.10. The second kappa shape index (κ2) is 4.50. The number of hydrogen-bond donors (Lipinski definition) is 1. The van der Waals surface area contributed by atoms with Crippen molar-refractivity contribution in [3.8, 4) is 0 Å². The average molecular weight is 210 g/mol. The largest absolute Gasteiger partial charge is 0.345 e. The average Bonchev–Trinajstić information content (AvgIpc) is 2.49. The number of nitrogens with zero attached hydrogens (tertiary/aromatic N) is 1. The lowest BCUT2D eigenvalue weighted by atomic mass is 10.3. The fraction of sp³-hybridized carbons (Fsp3) is 0.333. The van der Waals surface area contributed by atoms with Crippen molar-refractivity contribution in [3.63, 3.8) is 0 Å². The summed E-state index contributed by atoms with van der Waals surface area (Å²) in [7, 11) is 0. The molecule has 6 nitrogen and oxygen atoms in total. The Morgan fingerprint density at radius 3 is 2.47 bits per heavy atom. The topological polar surface area (TPSA) is 83.6 Å². The Morgan fingerprint density at radius 1 is 1.47 bits per heavy atom. The van der Waals surface area contributed by atoms with E-state index in [1.54, 1.807) is 0 Å². The van der Waals surface area contributed by atoms with Crippen molar-refractivity contribution in [2.75, 3.05) is 6.54 Å². The zero-order valence-electron chi connectivity index (χ0n) is 8.10. The Morgan fingerprint density at radius 2 is 2.00 bits per heavy atom. The predicted octanol–water partition coefficient (Wildman–Crippen LogP) is -1.38. The number of imide groups is 1. The highest BCUT2D eigenvalue weighted by Gasteiger charge is 2.25. The van der Waals surface area contributed by atoms with Crippen LogP contribution < -0.4 is 5.32 Å². The van der Waals surface area contributed by atoms with Crippen LogP contribution in [0.4, 0.5) is 0 Å². The van der Waals surface area contributed by atoms with Gasteiger partial charge in [-0.1, -0.05) is 0 Å². The van der Waals surface area contributed by atoms with Crippen molar-refractivity contribution in [2.24, 2.45) is 0 Å². The summed E-state index contributed by atoms with van der Waals surface area (Å²) in [6, 6.07) is -0.627. The summed E-state index contributed by atoms with van der Waals surface area (Å²) < 4.78 is 0. The molecule has 0 aromatic rings. The Hall–Kier alpha value is -1.98. The third kappa shape index (κ3) is 2.73. The van der Waals surface area contributed by atoms with Crippen LogP contribution in [0.3, 0.4) is 0 Å². The van der Waals surface area contributed by atoms with E-state index in [1.807, 2.05) is 0 Å². The molecule has 1 atom stereocenters. The van der Waals surface area contributed by atoms with Gasteiger partial charge in [0, 0.05) is 12.2 Å². The van der Waals surface area contributed by atoms with Crippen molar-refractivity contribution in [2.45, 2.75) is 13.0 Å². The summed E-state index contributed by atoms with van der Waals surface area (Å²) in [6.45, 7) is 1.14. The number of rotatable bonds is 4. The Bertz CT molecular complexity index is 330. The molecule has 80 valence electrons. The van der Waals surface area contributed by atoms with E-state index in [4.69, 9.17) is 0 Å². The monoisotopic (exact) mass is 210 g/mol. The van der Waals surface area contributed by atoms with E-state index in [-0.39, 0.29) is 6.54 Å². The van der Waals surface area contributed by atoms with Crippen LogP contribution >= 0.6 is 0 Å². The lowest BCUT2D eigenvalue weighted by molar-refractivity contribution is -0.141. The van der Waals surface area contributed by atoms with Crippen molar-refractivity contribution in [1.82, 2.24) is 10.2 Å². The Balaban J connectivity index is 2.48. The molecular formula is C9H10N2O4. The lowest BCUT2D eigenvalue weighted by Gasteiger charge is -2.14. The molecule has 0 bridgehead atoms. The quantitative estimate of drug-likeness (QED) is 0.457. The molecule has 6 heteroatoms. The van der Waals surface area contributed by atoms with Gasteiger partial charge in [0.15, 0.2) is 0 Å². The molecule has 1 rings (SSSR count). The summed E-state index contributed by atoms with van der Waals surface area (Å²) >= 11 is 0. The molecule has 0 radical (unpaired) electrons. The zero-order chi connectivity index (χ0) is 11.4. The summed E-state index contributed by atoms with van der Waals surface area (Å²) in [5.74, 6) is -1.58. The first-order valence-electron chi connectivity index (χ1n) is 4.33. The predicted molar refractivity (Wildman–Crippen MR) is 49.5 cm³/mol. The van der Waals surface area contributed by atoms with Crippen molar-refractivity contribution < 1.29 is 19.2 Å². The first kappa shape index (κ1) is 11.1. The van der Waals surface area contributed by atoms with Crippen LogP contribution in [-0.4, -0.2) is 41.5 Å². The molecule has 1 unspecified atom stereocenters. The molecule has 3 amide bonds. The molecule has 1 aliphatic rings. The number of aldehydes is 1. The van der Waals surface area contributed by atoms with Crippen LogP contribution in [0, 0.1) is 0 Å². The highest BCUT2D eigenvalue weighted by Crippen LogP contribution is 2.02. The Kier molecular flexibility index (Phi) is 3.33. The molecule has 1 heterocycles. The number of amides is 3. The number of carbonyl (C=O) groups is 4. The van der Waals surface area contributed by atoms with E-state index in [2.05, 4.69) is 5.32 Å². The fourth-order valence-electron chi connectivity index (χ4n) is 1.06. The van der Waals surface area contributed by atoms with Gasteiger partial charge in [-0.15, -0.1) is 0 Å². The van der Waals surface area contributed by atoms with Crippen LogP contribution in [0.1, 0.15) is 6.92 Å². The molecule has 1 N–H and O–H groups in total. The molecule has 0 fully saturated rings. The standard InChI is InChI=1S/C9H10N2O4/c1-6(5-12)10-7(13)4-11-8(14)2-3-9(11)15/h2-3,5-6H,4H2,1H3,(H,10,13). The van der Waals surface area contributed by atoms with Crippen molar-refractivity contribution >= 4 is 24.0 Å². The third-order valence-electron chi connectivity index (χ3n) is 1.80. The molecule has 0 spiro atoms. The van der Waals surface area contributed by atoms with Gasteiger partial charge in [0.25, 0.3) is 11.8 Å². The second-order valence-corrected chi connectivity index (χ2v) is 3.09. The van der Waals surface area contributed by atoms with E-state index < -0.39 is 23.8 Å². The minimum atomic E-state index is -0.627. The summed E-state index contributed by atoms with van der Waals surface area (Å²) in [4.78, 5) is 44.3. The van der Waals surface area contributed by atoms with Gasteiger partial charge in [-0.2, -0.15) is 0 Å².